The van der Waals surface area contributed by atoms with Crippen molar-refractivity contribution in [3.63, 3.8) is 0 Å². The third-order valence-electron chi connectivity index (χ3n) is 4.34. The molecule has 1 aliphatic rings. The van der Waals surface area contributed by atoms with Gasteiger partial charge in [0.25, 0.3) is 0 Å². The number of sulfonamides is 1. The van der Waals surface area contributed by atoms with E-state index in [2.05, 4.69) is 34.6 Å². The van der Waals surface area contributed by atoms with Crippen LogP contribution in [0.25, 0.3) is 0 Å². The topological polar surface area (TPSA) is 78.1 Å². The summed E-state index contributed by atoms with van der Waals surface area (Å²) in [4.78, 5) is 0.259. The van der Waals surface area contributed by atoms with Gasteiger partial charge >= 0.3 is 0 Å². The van der Waals surface area contributed by atoms with Crippen molar-refractivity contribution in [3.05, 3.63) is 47.3 Å². The van der Waals surface area contributed by atoms with Crippen molar-refractivity contribution < 1.29 is 8.42 Å². The van der Waals surface area contributed by atoms with Crippen molar-refractivity contribution in [3.8, 4) is 0 Å². The standard InChI is InChI=1S/C16H22N4O2S.ClH/c1-3-13-4-6-14(7-5-13)15-10-17-8-9-20(15)23(21,22)16-11-18-19-12(16)2;/h4-7,11,15,17H,3,8-10H2,1-2H3,(H,18,19);1H. The molecule has 1 aromatic carbocycles. The predicted octanol–water partition coefficient (Wildman–Crippen LogP) is 2.04. The second-order valence-corrected chi connectivity index (χ2v) is 7.65. The molecule has 1 atom stereocenters. The predicted molar refractivity (Wildman–Crippen MR) is 95.9 cm³/mol. The molecule has 24 heavy (non-hydrogen) atoms. The van der Waals surface area contributed by atoms with Crippen LogP contribution in [0.4, 0.5) is 0 Å². The van der Waals surface area contributed by atoms with Gasteiger partial charge in [-0.3, -0.25) is 5.10 Å². The number of aryl methyl sites for hydroxylation is 2. The van der Waals surface area contributed by atoms with E-state index in [0.29, 0.717) is 25.3 Å². The van der Waals surface area contributed by atoms with E-state index in [1.54, 1.807) is 11.2 Å². The lowest BCUT2D eigenvalue weighted by Crippen LogP contribution is -2.48. The maximum absolute atomic E-state index is 13.0. The number of H-pyrrole nitrogens is 1. The quantitative estimate of drug-likeness (QED) is 0.863. The van der Waals surface area contributed by atoms with Gasteiger partial charge in [-0.05, 0) is 24.5 Å². The van der Waals surface area contributed by atoms with Gasteiger partial charge in [-0.2, -0.15) is 9.40 Å². The molecule has 0 spiro atoms. The number of benzene rings is 1. The Morgan fingerprint density at radius 3 is 2.58 bits per heavy atom. The highest BCUT2D eigenvalue weighted by atomic mass is 35.5. The lowest BCUT2D eigenvalue weighted by Gasteiger charge is -2.35. The summed E-state index contributed by atoms with van der Waals surface area (Å²) in [5.41, 5.74) is 2.83. The fourth-order valence-electron chi connectivity index (χ4n) is 2.96. The van der Waals surface area contributed by atoms with Crippen molar-refractivity contribution in [2.45, 2.75) is 31.2 Å². The first kappa shape index (κ1) is 18.9. The van der Waals surface area contributed by atoms with E-state index in [1.165, 1.54) is 11.8 Å². The molecular weight excluding hydrogens is 348 g/mol. The minimum absolute atomic E-state index is 0. The smallest absolute Gasteiger partial charge is 0.247 e. The number of nitrogens with zero attached hydrogens (tertiary/aromatic N) is 2. The van der Waals surface area contributed by atoms with Crippen molar-refractivity contribution in [1.29, 1.82) is 0 Å². The maximum Gasteiger partial charge on any atom is 0.247 e. The first-order chi connectivity index (χ1) is 11.0. The molecule has 2 heterocycles. The highest BCUT2D eigenvalue weighted by Gasteiger charge is 2.35. The number of hydrogen-bond donors (Lipinski definition) is 2. The van der Waals surface area contributed by atoms with Gasteiger partial charge < -0.3 is 5.32 Å². The molecule has 0 bridgehead atoms. The summed E-state index contributed by atoms with van der Waals surface area (Å²) in [5, 5.41) is 9.86. The van der Waals surface area contributed by atoms with Crippen LogP contribution >= 0.6 is 12.4 Å². The van der Waals surface area contributed by atoms with Crippen molar-refractivity contribution in [2.24, 2.45) is 0 Å². The first-order valence-electron chi connectivity index (χ1n) is 7.85. The number of aromatic amines is 1. The molecule has 132 valence electrons. The Morgan fingerprint density at radius 2 is 2.00 bits per heavy atom. The fraction of sp³-hybridized carbons (Fsp3) is 0.438. The van der Waals surface area contributed by atoms with Gasteiger partial charge in [0.1, 0.15) is 4.90 Å². The second-order valence-electron chi connectivity index (χ2n) is 5.79. The van der Waals surface area contributed by atoms with E-state index >= 15 is 0 Å². The molecule has 3 rings (SSSR count). The molecule has 1 aromatic heterocycles. The van der Waals surface area contributed by atoms with Gasteiger partial charge in [-0.15, -0.1) is 12.4 Å². The normalized spacial score (nSPS) is 19.0. The van der Waals surface area contributed by atoms with Gasteiger partial charge in [0, 0.05) is 19.6 Å². The Kier molecular flexibility index (Phi) is 6.03. The van der Waals surface area contributed by atoms with Crippen LogP contribution in [0.3, 0.4) is 0 Å². The highest BCUT2D eigenvalue weighted by Crippen LogP contribution is 2.29. The van der Waals surface area contributed by atoms with Crippen molar-refractivity contribution >= 4 is 22.4 Å². The van der Waals surface area contributed by atoms with Crippen molar-refractivity contribution in [2.75, 3.05) is 19.6 Å². The minimum Gasteiger partial charge on any atom is -0.313 e. The molecular formula is C16H23ClN4O2S. The Bertz CT molecular complexity index is 774. The Balaban J connectivity index is 0.00000208. The third-order valence-corrected chi connectivity index (χ3v) is 6.36. The molecule has 6 nitrogen and oxygen atoms in total. The molecule has 0 amide bonds. The highest BCUT2D eigenvalue weighted by molar-refractivity contribution is 7.89. The Labute approximate surface area is 149 Å². The largest absolute Gasteiger partial charge is 0.313 e. The van der Waals surface area contributed by atoms with Crippen LogP contribution in [-0.4, -0.2) is 42.6 Å². The van der Waals surface area contributed by atoms with Crippen LogP contribution < -0.4 is 5.32 Å². The number of nitrogens with one attached hydrogen (secondary N) is 2. The van der Waals surface area contributed by atoms with Gasteiger partial charge in [-0.1, -0.05) is 31.2 Å². The van der Waals surface area contributed by atoms with E-state index in [4.69, 9.17) is 0 Å². The molecule has 2 N–H and O–H groups in total. The van der Waals surface area contributed by atoms with Crippen LogP contribution in [0.1, 0.15) is 29.8 Å². The molecule has 1 aliphatic heterocycles. The van der Waals surface area contributed by atoms with Crippen LogP contribution in [0, 0.1) is 6.92 Å². The summed E-state index contributed by atoms with van der Waals surface area (Å²) in [5.74, 6) is 0. The van der Waals surface area contributed by atoms with Gasteiger partial charge in [0.2, 0.25) is 10.0 Å². The van der Waals surface area contributed by atoms with Gasteiger partial charge in [0.05, 0.1) is 17.9 Å². The minimum atomic E-state index is -3.56. The lowest BCUT2D eigenvalue weighted by atomic mass is 10.0. The second kappa shape index (κ2) is 7.65. The average molecular weight is 371 g/mol. The number of aromatic nitrogens is 2. The first-order valence-corrected chi connectivity index (χ1v) is 9.29. The maximum atomic E-state index is 13.0. The molecule has 0 radical (unpaired) electrons. The number of rotatable bonds is 4. The molecule has 0 aliphatic carbocycles. The molecule has 8 heteroatoms. The Morgan fingerprint density at radius 1 is 1.29 bits per heavy atom. The van der Waals surface area contributed by atoms with Crippen molar-refractivity contribution in [1.82, 2.24) is 19.8 Å². The number of piperazine rings is 1. The van der Waals surface area contributed by atoms with Crippen LogP contribution in [0.5, 0.6) is 0 Å². The Hall–Kier alpha value is -1.41. The molecule has 1 unspecified atom stereocenters. The van der Waals surface area contributed by atoms with Crippen LogP contribution in [-0.2, 0) is 16.4 Å². The number of halogens is 1. The van der Waals surface area contributed by atoms with E-state index < -0.39 is 10.0 Å². The van der Waals surface area contributed by atoms with Gasteiger partial charge in [0.15, 0.2) is 0 Å². The number of hydrogen-bond acceptors (Lipinski definition) is 4. The zero-order chi connectivity index (χ0) is 16.4. The lowest BCUT2D eigenvalue weighted by molar-refractivity contribution is 0.271. The zero-order valence-electron chi connectivity index (χ0n) is 13.8. The van der Waals surface area contributed by atoms with E-state index in [-0.39, 0.29) is 23.3 Å². The molecule has 1 fully saturated rings. The van der Waals surface area contributed by atoms with E-state index in [9.17, 15) is 8.42 Å². The molecule has 2 aromatic rings. The SMILES string of the molecule is CCc1ccc(C2CNCCN2S(=O)(=O)c2cn[nH]c2C)cc1.Cl. The summed E-state index contributed by atoms with van der Waals surface area (Å²) >= 11 is 0. The molecule has 0 saturated carbocycles. The fourth-order valence-corrected chi connectivity index (χ4v) is 4.69. The summed E-state index contributed by atoms with van der Waals surface area (Å²) < 4.78 is 27.6. The van der Waals surface area contributed by atoms with Crippen LogP contribution in [0.2, 0.25) is 0 Å². The van der Waals surface area contributed by atoms with Crippen LogP contribution in [0.15, 0.2) is 35.4 Å². The summed E-state index contributed by atoms with van der Waals surface area (Å²) in [6.45, 7) is 5.55. The van der Waals surface area contributed by atoms with Gasteiger partial charge in [-0.25, -0.2) is 8.42 Å². The van der Waals surface area contributed by atoms with E-state index in [1.807, 2.05) is 12.1 Å². The third kappa shape index (κ3) is 3.49. The monoisotopic (exact) mass is 370 g/mol. The average Bonchev–Trinajstić information content (AvgIpc) is 3.02. The summed E-state index contributed by atoms with van der Waals surface area (Å²) in [6, 6.07) is 7.99. The summed E-state index contributed by atoms with van der Waals surface area (Å²) in [7, 11) is -3.56. The molecule has 1 saturated heterocycles. The van der Waals surface area contributed by atoms with E-state index in [0.717, 1.165) is 12.0 Å². The summed E-state index contributed by atoms with van der Waals surface area (Å²) in [6.07, 6.45) is 2.36. The zero-order valence-corrected chi connectivity index (χ0v) is 15.5.